The van der Waals surface area contributed by atoms with Gasteiger partial charge in [-0.1, -0.05) is 62.4 Å². The van der Waals surface area contributed by atoms with E-state index >= 15 is 0 Å². The molecule has 0 unspecified atom stereocenters. The summed E-state index contributed by atoms with van der Waals surface area (Å²) < 4.78 is 0. The zero-order valence-electron chi connectivity index (χ0n) is 10.0. The molecule has 0 radical (unpaired) electrons. The fourth-order valence-electron chi connectivity index (χ4n) is 2.74. The Hall–Kier alpha value is -1.89. The van der Waals surface area contributed by atoms with Crippen molar-refractivity contribution in [2.45, 2.75) is 19.3 Å². The van der Waals surface area contributed by atoms with Gasteiger partial charge in [-0.25, -0.2) is 0 Å². The molecule has 2 aromatic rings. The van der Waals surface area contributed by atoms with E-state index in [9.17, 15) is 4.79 Å². The van der Waals surface area contributed by atoms with Crippen LogP contribution in [0, 0.1) is 0 Å². The molecule has 1 aliphatic carbocycles. The molecule has 0 amide bonds. The molecule has 1 nitrogen and oxygen atoms in total. The summed E-state index contributed by atoms with van der Waals surface area (Å²) in [5.74, 6) is 0.149. The molecule has 0 N–H and O–H groups in total. The maximum atomic E-state index is 12.4. The molecule has 0 aromatic heterocycles. The smallest absolute Gasteiger partial charge is 0.193 e. The Kier molecular flexibility index (Phi) is 1.99. The molecule has 0 heterocycles. The highest BCUT2D eigenvalue weighted by Crippen LogP contribution is 2.40. The van der Waals surface area contributed by atoms with Gasteiger partial charge in [0.15, 0.2) is 5.78 Å². The lowest BCUT2D eigenvalue weighted by Crippen LogP contribution is -2.30. The minimum atomic E-state index is -0.0961. The summed E-state index contributed by atoms with van der Waals surface area (Å²) in [5.41, 5.74) is 3.85. The van der Waals surface area contributed by atoms with Crippen LogP contribution in [0.15, 0.2) is 48.5 Å². The second-order valence-corrected chi connectivity index (χ2v) is 5.05. The van der Waals surface area contributed by atoms with Crippen LogP contribution >= 0.6 is 0 Å². The van der Waals surface area contributed by atoms with E-state index in [0.29, 0.717) is 0 Å². The predicted octanol–water partition coefficient (Wildman–Crippen LogP) is 3.56. The van der Waals surface area contributed by atoms with E-state index in [2.05, 4.69) is 26.0 Å². The molecule has 0 aliphatic heterocycles. The summed E-state index contributed by atoms with van der Waals surface area (Å²) in [5, 5.41) is 0. The Balaban J connectivity index is 2.38. The van der Waals surface area contributed by atoms with Crippen molar-refractivity contribution in [2.75, 3.05) is 0 Å². The van der Waals surface area contributed by atoms with Crippen molar-refractivity contribution in [1.82, 2.24) is 0 Å². The maximum absolute atomic E-state index is 12.4. The molecule has 3 rings (SSSR count). The topological polar surface area (TPSA) is 17.1 Å². The Morgan fingerprint density at radius 2 is 1.18 bits per heavy atom. The third kappa shape index (κ3) is 1.29. The van der Waals surface area contributed by atoms with Crippen LogP contribution in [0.5, 0.6) is 0 Å². The first-order chi connectivity index (χ1) is 8.12. The van der Waals surface area contributed by atoms with Crippen molar-refractivity contribution >= 4 is 5.78 Å². The standard InChI is InChI=1S/C16H14O/c1-16(2)13-9-5-3-7-11(13)15(17)12-8-4-6-10-14(12)16/h3-10H,1-2H3/i1+1. The molecule has 17 heavy (non-hydrogen) atoms. The van der Waals surface area contributed by atoms with Gasteiger partial charge in [-0.3, -0.25) is 4.79 Å². The minimum absolute atomic E-state index is 0.0961. The fraction of sp³-hybridized carbons (Fsp3) is 0.188. The summed E-state index contributed by atoms with van der Waals surface area (Å²) in [4.78, 5) is 12.4. The van der Waals surface area contributed by atoms with Gasteiger partial charge in [0.2, 0.25) is 0 Å². The largest absolute Gasteiger partial charge is 0.289 e. The number of benzene rings is 2. The van der Waals surface area contributed by atoms with E-state index in [1.54, 1.807) is 0 Å². The SMILES string of the molecule is CC1([13CH3])c2ccccc2C(=O)c2ccccc21. The lowest BCUT2D eigenvalue weighted by molar-refractivity contribution is 0.103. The monoisotopic (exact) mass is 223 g/mol. The van der Waals surface area contributed by atoms with Crippen LogP contribution in [0.3, 0.4) is 0 Å². The summed E-state index contributed by atoms with van der Waals surface area (Å²) in [7, 11) is 0. The summed E-state index contributed by atoms with van der Waals surface area (Å²) >= 11 is 0. The molecule has 0 saturated carbocycles. The third-order valence-corrected chi connectivity index (χ3v) is 3.69. The van der Waals surface area contributed by atoms with Gasteiger partial charge in [-0.2, -0.15) is 0 Å². The molecule has 0 fully saturated rings. The molecule has 0 atom stereocenters. The molecule has 0 spiro atoms. The zero-order chi connectivity index (χ0) is 12.0. The third-order valence-electron chi connectivity index (χ3n) is 3.69. The average molecular weight is 223 g/mol. The number of carbonyl (C=O) groups is 1. The number of fused-ring (bicyclic) bond motifs is 2. The van der Waals surface area contributed by atoms with Crippen molar-refractivity contribution in [3.8, 4) is 0 Å². The first-order valence-electron chi connectivity index (χ1n) is 5.86. The van der Waals surface area contributed by atoms with E-state index in [1.807, 2.05) is 36.4 Å². The molecular weight excluding hydrogens is 209 g/mol. The fourth-order valence-corrected chi connectivity index (χ4v) is 2.74. The highest BCUT2D eigenvalue weighted by Gasteiger charge is 2.35. The van der Waals surface area contributed by atoms with Gasteiger partial charge >= 0.3 is 0 Å². The normalized spacial score (nSPS) is 16.2. The van der Waals surface area contributed by atoms with Crippen molar-refractivity contribution in [1.29, 1.82) is 0 Å². The second-order valence-electron chi connectivity index (χ2n) is 5.05. The van der Waals surface area contributed by atoms with Crippen molar-refractivity contribution < 1.29 is 4.79 Å². The predicted molar refractivity (Wildman–Crippen MR) is 68.4 cm³/mol. The summed E-state index contributed by atoms with van der Waals surface area (Å²) in [6.07, 6.45) is 0. The average Bonchev–Trinajstić information content (AvgIpc) is 2.37. The Morgan fingerprint density at radius 3 is 1.65 bits per heavy atom. The van der Waals surface area contributed by atoms with Gasteiger partial charge in [0, 0.05) is 16.5 Å². The van der Waals surface area contributed by atoms with E-state index in [1.165, 1.54) is 0 Å². The van der Waals surface area contributed by atoms with Crippen LogP contribution in [0.25, 0.3) is 0 Å². The van der Waals surface area contributed by atoms with Gasteiger partial charge in [-0.15, -0.1) is 0 Å². The van der Waals surface area contributed by atoms with E-state index in [-0.39, 0.29) is 11.2 Å². The molecule has 0 bridgehead atoms. The zero-order valence-corrected chi connectivity index (χ0v) is 10.0. The highest BCUT2D eigenvalue weighted by atomic mass is 16.1. The van der Waals surface area contributed by atoms with Crippen molar-refractivity contribution in [2.24, 2.45) is 0 Å². The van der Waals surface area contributed by atoms with E-state index < -0.39 is 0 Å². The first kappa shape index (κ1) is 10.3. The number of ketones is 1. The van der Waals surface area contributed by atoms with Crippen LogP contribution in [-0.4, -0.2) is 5.78 Å². The van der Waals surface area contributed by atoms with Gasteiger partial charge < -0.3 is 0 Å². The van der Waals surface area contributed by atoms with Crippen LogP contribution in [0.4, 0.5) is 0 Å². The first-order valence-corrected chi connectivity index (χ1v) is 5.86. The molecule has 0 saturated heterocycles. The quantitative estimate of drug-likeness (QED) is 0.624. The molecule has 1 aliphatic rings. The Morgan fingerprint density at radius 1 is 0.765 bits per heavy atom. The lowest BCUT2D eigenvalue weighted by atomic mass is 9.72. The van der Waals surface area contributed by atoms with E-state index in [4.69, 9.17) is 0 Å². The Labute approximate surface area is 101 Å². The van der Waals surface area contributed by atoms with Crippen LogP contribution in [-0.2, 0) is 5.41 Å². The maximum Gasteiger partial charge on any atom is 0.193 e. The number of hydrogen-bond donors (Lipinski definition) is 0. The summed E-state index contributed by atoms with van der Waals surface area (Å²) in [6, 6.07) is 15.8. The molecule has 1 heteroatoms. The minimum Gasteiger partial charge on any atom is -0.289 e. The molecule has 2 aromatic carbocycles. The van der Waals surface area contributed by atoms with Crippen molar-refractivity contribution in [3.63, 3.8) is 0 Å². The summed E-state index contributed by atoms with van der Waals surface area (Å²) in [6.45, 7) is 4.36. The van der Waals surface area contributed by atoms with Gasteiger partial charge in [0.05, 0.1) is 0 Å². The number of rotatable bonds is 0. The lowest BCUT2D eigenvalue weighted by Gasteiger charge is -2.34. The molecule has 84 valence electrons. The van der Waals surface area contributed by atoms with E-state index in [0.717, 1.165) is 22.3 Å². The van der Waals surface area contributed by atoms with Crippen LogP contribution in [0.2, 0.25) is 0 Å². The van der Waals surface area contributed by atoms with Crippen LogP contribution < -0.4 is 0 Å². The molecular formula is C16H14O. The van der Waals surface area contributed by atoms with Gasteiger partial charge in [0.1, 0.15) is 0 Å². The number of hydrogen-bond acceptors (Lipinski definition) is 1. The van der Waals surface area contributed by atoms with Gasteiger partial charge in [0.25, 0.3) is 0 Å². The number of carbonyl (C=O) groups excluding carboxylic acids is 1. The van der Waals surface area contributed by atoms with Crippen LogP contribution in [0.1, 0.15) is 40.9 Å². The second kappa shape index (κ2) is 3.30. The van der Waals surface area contributed by atoms with Crippen molar-refractivity contribution in [3.05, 3.63) is 70.8 Å². The highest BCUT2D eigenvalue weighted by molar-refractivity contribution is 6.13. The Bertz CT molecular complexity index is 557. The van der Waals surface area contributed by atoms with Gasteiger partial charge in [-0.05, 0) is 11.1 Å².